The van der Waals surface area contributed by atoms with Crippen molar-refractivity contribution in [1.29, 1.82) is 0 Å². The molecule has 0 bridgehead atoms. The number of aromatic hydroxyl groups is 1. The van der Waals surface area contributed by atoms with Crippen LogP contribution in [0, 0.1) is 6.57 Å². The van der Waals surface area contributed by atoms with E-state index in [2.05, 4.69) is 4.85 Å². The zero-order valence-electron chi connectivity index (χ0n) is 9.80. The minimum absolute atomic E-state index is 0.135. The average molecular weight is 249 g/mol. The van der Waals surface area contributed by atoms with Crippen LogP contribution in [0.15, 0.2) is 17.8 Å². The summed E-state index contributed by atoms with van der Waals surface area (Å²) in [6, 6.07) is 2.82. The quantitative estimate of drug-likeness (QED) is 0.627. The van der Waals surface area contributed by atoms with Crippen LogP contribution in [0.1, 0.15) is 5.56 Å². The Morgan fingerprint density at radius 2 is 1.83 bits per heavy atom. The molecule has 0 unspecified atom stereocenters. The summed E-state index contributed by atoms with van der Waals surface area (Å²) >= 11 is 0. The number of phenols is 1. The van der Waals surface area contributed by atoms with Gasteiger partial charge in [-0.25, -0.2) is 4.85 Å². The summed E-state index contributed by atoms with van der Waals surface area (Å²) in [5.74, 6) is -1.24. The van der Waals surface area contributed by atoms with Crippen LogP contribution in [0.2, 0.25) is 0 Å². The van der Waals surface area contributed by atoms with Gasteiger partial charge in [-0.05, 0) is 23.8 Å². The van der Waals surface area contributed by atoms with Crippen molar-refractivity contribution in [3.05, 3.63) is 34.8 Å². The van der Waals surface area contributed by atoms with Crippen molar-refractivity contribution in [2.24, 2.45) is 0 Å². The van der Waals surface area contributed by atoms with Gasteiger partial charge in [-0.2, -0.15) is 0 Å². The molecule has 0 spiro atoms. The second kappa shape index (κ2) is 5.59. The molecule has 0 aliphatic carbocycles. The highest BCUT2D eigenvalue weighted by Gasteiger charge is 2.12. The van der Waals surface area contributed by atoms with Crippen molar-refractivity contribution >= 4 is 12.0 Å². The maximum atomic E-state index is 10.7. The van der Waals surface area contributed by atoms with Crippen LogP contribution < -0.4 is 9.47 Å². The van der Waals surface area contributed by atoms with Crippen LogP contribution in [-0.4, -0.2) is 30.4 Å². The van der Waals surface area contributed by atoms with Gasteiger partial charge in [0.25, 0.3) is 5.70 Å². The highest BCUT2D eigenvalue weighted by atomic mass is 16.5. The van der Waals surface area contributed by atoms with Crippen LogP contribution in [0.25, 0.3) is 10.9 Å². The van der Waals surface area contributed by atoms with Crippen molar-refractivity contribution in [3.8, 4) is 17.2 Å². The first-order valence-electron chi connectivity index (χ1n) is 4.81. The largest absolute Gasteiger partial charge is 0.502 e. The Morgan fingerprint density at radius 3 is 2.17 bits per heavy atom. The Kier molecular flexibility index (Phi) is 4.16. The van der Waals surface area contributed by atoms with Gasteiger partial charge in [0.2, 0.25) is 5.75 Å². The number of ether oxygens (including phenoxy) is 2. The average Bonchev–Trinajstić information content (AvgIpc) is 2.36. The molecule has 0 saturated carbocycles. The van der Waals surface area contributed by atoms with E-state index in [9.17, 15) is 9.90 Å². The molecule has 0 fully saturated rings. The van der Waals surface area contributed by atoms with Crippen LogP contribution >= 0.6 is 0 Å². The maximum absolute atomic E-state index is 10.7. The van der Waals surface area contributed by atoms with Gasteiger partial charge < -0.3 is 19.7 Å². The van der Waals surface area contributed by atoms with Crippen LogP contribution in [0.5, 0.6) is 17.2 Å². The molecule has 0 heterocycles. The number of carboxylic acids is 1. The number of benzene rings is 1. The van der Waals surface area contributed by atoms with Gasteiger partial charge in [0.05, 0.1) is 20.8 Å². The third kappa shape index (κ3) is 2.71. The van der Waals surface area contributed by atoms with Gasteiger partial charge in [0, 0.05) is 0 Å². The fraction of sp³-hybridized carbons (Fsp3) is 0.167. The van der Waals surface area contributed by atoms with Gasteiger partial charge in [-0.15, -0.1) is 0 Å². The number of carbonyl (C=O) groups is 1. The first-order valence-corrected chi connectivity index (χ1v) is 4.81. The first kappa shape index (κ1) is 13.4. The molecular formula is C12H11NO5. The Labute approximate surface area is 104 Å². The van der Waals surface area contributed by atoms with Crippen molar-refractivity contribution < 1.29 is 24.5 Å². The SMILES string of the molecule is [C-]#[N+]/C(=C\c1cc(OC)c(O)c(OC)c1)C(=O)O. The summed E-state index contributed by atoms with van der Waals surface area (Å²) in [4.78, 5) is 13.6. The zero-order chi connectivity index (χ0) is 13.7. The third-order valence-electron chi connectivity index (χ3n) is 2.15. The van der Waals surface area contributed by atoms with E-state index in [-0.39, 0.29) is 17.2 Å². The molecule has 6 nitrogen and oxygen atoms in total. The van der Waals surface area contributed by atoms with Crippen LogP contribution in [0.3, 0.4) is 0 Å². The molecule has 1 rings (SSSR count). The van der Waals surface area contributed by atoms with Crippen LogP contribution in [0.4, 0.5) is 0 Å². The second-order valence-corrected chi connectivity index (χ2v) is 3.22. The van der Waals surface area contributed by atoms with Crippen molar-refractivity contribution in [2.45, 2.75) is 0 Å². The molecule has 18 heavy (non-hydrogen) atoms. The Balaban J connectivity index is 3.35. The Morgan fingerprint density at radius 1 is 1.33 bits per heavy atom. The fourth-order valence-corrected chi connectivity index (χ4v) is 1.30. The summed E-state index contributed by atoms with van der Waals surface area (Å²) < 4.78 is 9.84. The van der Waals surface area contributed by atoms with Gasteiger partial charge in [0.1, 0.15) is 0 Å². The summed E-state index contributed by atoms with van der Waals surface area (Å²) in [7, 11) is 2.71. The summed E-state index contributed by atoms with van der Waals surface area (Å²) in [5.41, 5.74) is -0.0558. The van der Waals surface area contributed by atoms with Crippen molar-refractivity contribution in [3.63, 3.8) is 0 Å². The second-order valence-electron chi connectivity index (χ2n) is 3.22. The van der Waals surface area contributed by atoms with E-state index in [1.807, 2.05) is 0 Å². The minimum Gasteiger partial charge on any atom is -0.502 e. The topological polar surface area (TPSA) is 80.3 Å². The number of carboxylic acid groups (broad SMARTS) is 1. The van der Waals surface area contributed by atoms with E-state index in [1.165, 1.54) is 32.4 Å². The molecule has 0 aliphatic rings. The monoisotopic (exact) mass is 249 g/mol. The van der Waals surface area contributed by atoms with E-state index in [0.717, 1.165) is 0 Å². The van der Waals surface area contributed by atoms with E-state index in [1.54, 1.807) is 0 Å². The number of rotatable bonds is 4. The number of nitrogens with zero attached hydrogens (tertiary/aromatic N) is 1. The van der Waals surface area contributed by atoms with Gasteiger partial charge >= 0.3 is 5.97 Å². The smallest absolute Gasteiger partial charge is 0.333 e. The summed E-state index contributed by atoms with van der Waals surface area (Å²) in [6.07, 6.45) is 1.17. The number of hydrogen-bond donors (Lipinski definition) is 2. The maximum Gasteiger partial charge on any atom is 0.333 e. The van der Waals surface area contributed by atoms with E-state index in [4.69, 9.17) is 21.2 Å². The molecule has 6 heteroatoms. The predicted molar refractivity (Wildman–Crippen MR) is 63.4 cm³/mol. The Hall–Kier alpha value is -2.68. The molecule has 0 aliphatic heterocycles. The molecular weight excluding hydrogens is 238 g/mol. The van der Waals surface area contributed by atoms with Gasteiger partial charge in [0.15, 0.2) is 11.5 Å². The highest BCUT2D eigenvalue weighted by Crippen LogP contribution is 2.37. The molecule has 1 aromatic rings. The molecule has 0 saturated heterocycles. The van der Waals surface area contributed by atoms with Gasteiger partial charge in [-0.3, -0.25) is 4.79 Å². The van der Waals surface area contributed by atoms with Gasteiger partial charge in [-0.1, -0.05) is 0 Å². The van der Waals surface area contributed by atoms with E-state index in [0.29, 0.717) is 5.56 Å². The fourth-order valence-electron chi connectivity index (χ4n) is 1.30. The predicted octanol–water partition coefficient (Wildman–Crippen LogP) is 1.75. The highest BCUT2D eigenvalue weighted by molar-refractivity contribution is 5.94. The molecule has 1 aromatic carbocycles. The van der Waals surface area contributed by atoms with Crippen molar-refractivity contribution in [1.82, 2.24) is 0 Å². The third-order valence-corrected chi connectivity index (χ3v) is 2.15. The molecule has 2 N–H and O–H groups in total. The Bertz CT molecular complexity index is 517. The lowest BCUT2D eigenvalue weighted by Crippen LogP contribution is -1.96. The minimum atomic E-state index is -1.32. The zero-order valence-corrected chi connectivity index (χ0v) is 9.80. The normalized spacial score (nSPS) is 10.6. The first-order chi connectivity index (χ1) is 8.53. The van der Waals surface area contributed by atoms with E-state index < -0.39 is 11.7 Å². The summed E-state index contributed by atoms with van der Waals surface area (Å²) in [5, 5.41) is 18.4. The lowest BCUT2D eigenvalue weighted by atomic mass is 10.1. The molecule has 0 amide bonds. The lowest BCUT2D eigenvalue weighted by Gasteiger charge is -2.09. The number of methoxy groups -OCH3 is 2. The number of aliphatic carboxylic acids is 1. The standard InChI is InChI=1S/C12H11NO5/c1-13-8(12(15)16)4-7-5-9(17-2)11(14)10(6-7)18-3/h4-6,14H,2-3H3,(H,15,16)/b8-4-. The number of hydrogen-bond acceptors (Lipinski definition) is 4. The van der Waals surface area contributed by atoms with Crippen molar-refractivity contribution in [2.75, 3.05) is 14.2 Å². The van der Waals surface area contributed by atoms with Crippen LogP contribution in [-0.2, 0) is 4.79 Å². The molecule has 0 radical (unpaired) electrons. The molecule has 0 atom stereocenters. The molecule has 0 aromatic heterocycles. The lowest BCUT2D eigenvalue weighted by molar-refractivity contribution is -0.132. The van der Waals surface area contributed by atoms with E-state index >= 15 is 0 Å². The number of phenolic OH excluding ortho intramolecular Hbond substituents is 1. The molecule has 94 valence electrons. The summed E-state index contributed by atoms with van der Waals surface area (Å²) in [6.45, 7) is 6.74.